The SMILES string of the molecule is CC1(C)S[C@@H]2[C@@H](NC(=O)COc3ccccc3)C(=O)N2[C@@]1(CI)C(=O)O. The zero-order valence-electron chi connectivity index (χ0n) is 14.3. The first kappa shape index (κ1) is 19.3. The van der Waals surface area contributed by atoms with Gasteiger partial charge in [-0.3, -0.25) is 9.59 Å². The third-order valence-corrected chi connectivity index (χ3v) is 7.60. The topological polar surface area (TPSA) is 95.9 Å². The summed E-state index contributed by atoms with van der Waals surface area (Å²) < 4.78 is 5.00. The van der Waals surface area contributed by atoms with E-state index >= 15 is 0 Å². The summed E-state index contributed by atoms with van der Waals surface area (Å²) in [5.41, 5.74) is -1.28. The predicted octanol–water partition coefficient (Wildman–Crippen LogP) is 1.50. The number of nitrogens with one attached hydrogen (secondary N) is 1. The quantitative estimate of drug-likeness (QED) is 0.357. The highest BCUT2D eigenvalue weighted by Gasteiger charge is 2.72. The van der Waals surface area contributed by atoms with Crippen LogP contribution in [0.1, 0.15) is 13.8 Å². The molecular weight excluding hydrogens is 471 g/mol. The van der Waals surface area contributed by atoms with E-state index < -0.39 is 28.2 Å². The van der Waals surface area contributed by atoms with Crippen molar-refractivity contribution in [1.82, 2.24) is 10.2 Å². The van der Waals surface area contributed by atoms with Crippen LogP contribution in [0.25, 0.3) is 0 Å². The molecule has 2 N–H and O–H groups in total. The minimum Gasteiger partial charge on any atom is -0.484 e. The Balaban J connectivity index is 1.67. The number of alkyl halides is 1. The van der Waals surface area contributed by atoms with E-state index in [9.17, 15) is 19.5 Å². The van der Waals surface area contributed by atoms with Crippen molar-refractivity contribution in [2.24, 2.45) is 0 Å². The lowest BCUT2D eigenvalue weighted by Gasteiger charge is -2.49. The number of fused-ring (bicyclic) bond motifs is 1. The smallest absolute Gasteiger partial charge is 0.331 e. The van der Waals surface area contributed by atoms with Crippen molar-refractivity contribution in [3.63, 3.8) is 0 Å². The minimum atomic E-state index is -1.28. The molecule has 0 radical (unpaired) electrons. The number of carboxylic acids is 1. The lowest BCUT2D eigenvalue weighted by molar-refractivity contribution is -0.169. The third-order valence-electron chi connectivity index (χ3n) is 4.84. The molecule has 2 amide bonds. The first-order chi connectivity index (χ1) is 12.2. The average molecular weight is 490 g/mol. The van der Waals surface area contributed by atoms with Crippen molar-refractivity contribution >= 4 is 52.1 Å². The van der Waals surface area contributed by atoms with Crippen LogP contribution >= 0.6 is 34.4 Å². The largest absolute Gasteiger partial charge is 0.484 e. The highest BCUT2D eigenvalue weighted by Crippen LogP contribution is 2.57. The first-order valence-electron chi connectivity index (χ1n) is 8.02. The number of amides is 2. The van der Waals surface area contributed by atoms with Gasteiger partial charge in [-0.25, -0.2) is 4.79 Å². The van der Waals surface area contributed by atoms with Crippen LogP contribution in [-0.2, 0) is 14.4 Å². The Labute approximate surface area is 169 Å². The molecule has 2 saturated heterocycles. The fourth-order valence-electron chi connectivity index (χ4n) is 3.34. The molecule has 7 nitrogen and oxygen atoms in total. The number of ether oxygens (including phenoxy) is 1. The van der Waals surface area contributed by atoms with Gasteiger partial charge in [0.05, 0.1) is 0 Å². The van der Waals surface area contributed by atoms with Crippen LogP contribution in [0.15, 0.2) is 30.3 Å². The second kappa shape index (κ2) is 6.91. The Morgan fingerprint density at radius 3 is 2.58 bits per heavy atom. The molecule has 0 saturated carbocycles. The fraction of sp³-hybridized carbons (Fsp3) is 0.471. The van der Waals surface area contributed by atoms with E-state index in [2.05, 4.69) is 5.32 Å². The molecule has 26 heavy (non-hydrogen) atoms. The zero-order valence-corrected chi connectivity index (χ0v) is 17.2. The van der Waals surface area contributed by atoms with Gasteiger partial charge in [0.1, 0.15) is 17.2 Å². The first-order valence-corrected chi connectivity index (χ1v) is 10.4. The van der Waals surface area contributed by atoms with Crippen molar-refractivity contribution in [2.75, 3.05) is 11.0 Å². The van der Waals surface area contributed by atoms with Gasteiger partial charge in [0.25, 0.3) is 5.91 Å². The second-order valence-corrected chi connectivity index (χ2v) is 9.18. The molecule has 0 spiro atoms. The number of halogens is 1. The van der Waals surface area contributed by atoms with Crippen molar-refractivity contribution < 1.29 is 24.2 Å². The summed E-state index contributed by atoms with van der Waals surface area (Å²) >= 11 is 3.42. The summed E-state index contributed by atoms with van der Waals surface area (Å²) in [5.74, 6) is -1.22. The van der Waals surface area contributed by atoms with Crippen molar-refractivity contribution in [2.45, 2.75) is 35.5 Å². The summed E-state index contributed by atoms with van der Waals surface area (Å²) in [6.45, 7) is 3.45. The number of carbonyl (C=O) groups is 3. The van der Waals surface area contributed by atoms with E-state index in [1.165, 1.54) is 16.7 Å². The molecule has 0 unspecified atom stereocenters. The summed E-state index contributed by atoms with van der Waals surface area (Å²) in [6.07, 6.45) is 0. The number of para-hydroxylation sites is 1. The number of hydrogen-bond donors (Lipinski definition) is 2. The van der Waals surface area contributed by atoms with Crippen LogP contribution in [0.3, 0.4) is 0 Å². The van der Waals surface area contributed by atoms with Crippen LogP contribution in [0.4, 0.5) is 0 Å². The summed E-state index contributed by atoms with van der Waals surface area (Å²) in [5, 5.41) is 12.1. The standard InChI is InChI=1S/C17H19IN2O5S/c1-16(2)17(9-18,15(23)24)20-13(22)12(14(20)26-16)19-11(21)8-25-10-6-4-3-5-7-10/h3-7,12,14H,8-9H2,1-2H3,(H,19,21)(H,23,24)/t12-,14+,17-/m0/s1. The number of carbonyl (C=O) groups excluding carboxylic acids is 2. The normalized spacial score (nSPS) is 28.9. The number of benzene rings is 1. The maximum absolute atomic E-state index is 12.6. The minimum absolute atomic E-state index is 0.203. The van der Waals surface area contributed by atoms with E-state index in [-0.39, 0.29) is 22.3 Å². The number of β-lactam (4-membered cyclic amide) rings is 1. The van der Waals surface area contributed by atoms with E-state index in [1.807, 2.05) is 42.5 Å². The number of hydrogen-bond acceptors (Lipinski definition) is 5. The molecule has 2 aliphatic rings. The Bertz CT molecular complexity index is 744. The van der Waals surface area contributed by atoms with Gasteiger partial charge in [-0.1, -0.05) is 40.8 Å². The zero-order chi connectivity index (χ0) is 19.1. The van der Waals surface area contributed by atoms with Gasteiger partial charge < -0.3 is 20.1 Å². The van der Waals surface area contributed by atoms with Gasteiger partial charge in [0.15, 0.2) is 12.1 Å². The Morgan fingerprint density at radius 2 is 2.00 bits per heavy atom. The number of carboxylic acid groups (broad SMARTS) is 1. The van der Waals surface area contributed by atoms with E-state index in [4.69, 9.17) is 4.74 Å². The van der Waals surface area contributed by atoms with E-state index in [0.717, 1.165) is 0 Å². The van der Waals surface area contributed by atoms with Crippen molar-refractivity contribution in [3.8, 4) is 5.75 Å². The van der Waals surface area contributed by atoms with E-state index in [1.54, 1.807) is 24.3 Å². The van der Waals surface area contributed by atoms with Crippen molar-refractivity contribution in [1.29, 1.82) is 0 Å². The Kier molecular flexibility index (Phi) is 5.13. The van der Waals surface area contributed by atoms with Gasteiger partial charge in [0.2, 0.25) is 5.91 Å². The fourth-order valence-corrected chi connectivity index (χ4v) is 7.01. The molecule has 2 aliphatic heterocycles. The molecule has 1 aromatic carbocycles. The third kappa shape index (κ3) is 2.84. The van der Waals surface area contributed by atoms with Gasteiger partial charge in [-0.2, -0.15) is 0 Å². The number of rotatable bonds is 6. The van der Waals surface area contributed by atoms with Gasteiger partial charge >= 0.3 is 5.97 Å². The second-order valence-electron chi connectivity index (χ2n) is 6.67. The number of nitrogens with zero attached hydrogens (tertiary/aromatic N) is 1. The van der Waals surface area contributed by atoms with Crippen LogP contribution < -0.4 is 10.1 Å². The molecule has 9 heteroatoms. The molecule has 0 bridgehead atoms. The molecule has 3 rings (SSSR count). The molecule has 2 fully saturated rings. The Hall–Kier alpha value is -1.49. The van der Waals surface area contributed by atoms with E-state index in [0.29, 0.717) is 5.75 Å². The van der Waals surface area contributed by atoms with Crippen LogP contribution in [0.2, 0.25) is 0 Å². The predicted molar refractivity (Wildman–Crippen MR) is 105 cm³/mol. The van der Waals surface area contributed by atoms with Gasteiger partial charge in [-0.15, -0.1) is 11.8 Å². The number of thioether (sulfide) groups is 1. The van der Waals surface area contributed by atoms with Gasteiger partial charge in [0, 0.05) is 9.17 Å². The molecule has 0 aliphatic carbocycles. The molecule has 3 atom stereocenters. The molecular formula is C17H19IN2O5S. The van der Waals surface area contributed by atoms with Gasteiger partial charge in [-0.05, 0) is 26.0 Å². The number of aliphatic carboxylic acids is 1. The summed E-state index contributed by atoms with van der Waals surface area (Å²) in [4.78, 5) is 38.1. The van der Waals surface area contributed by atoms with Crippen LogP contribution in [0.5, 0.6) is 5.75 Å². The van der Waals surface area contributed by atoms with Crippen LogP contribution in [-0.4, -0.2) is 60.5 Å². The molecule has 0 aromatic heterocycles. The summed E-state index contributed by atoms with van der Waals surface area (Å²) in [6, 6.07) is 8.19. The lowest BCUT2D eigenvalue weighted by atomic mass is 9.82. The molecule has 1 aromatic rings. The molecule has 2 heterocycles. The highest BCUT2D eigenvalue weighted by atomic mass is 127. The average Bonchev–Trinajstić information content (AvgIpc) is 2.83. The van der Waals surface area contributed by atoms with Crippen molar-refractivity contribution in [3.05, 3.63) is 30.3 Å². The maximum atomic E-state index is 12.6. The van der Waals surface area contributed by atoms with Crippen LogP contribution in [0, 0.1) is 0 Å². The highest BCUT2D eigenvalue weighted by molar-refractivity contribution is 14.1. The monoisotopic (exact) mass is 490 g/mol. The Morgan fingerprint density at radius 1 is 1.35 bits per heavy atom. The maximum Gasteiger partial charge on any atom is 0.331 e. The molecule has 140 valence electrons. The lowest BCUT2D eigenvalue weighted by Crippen LogP contribution is -2.76. The summed E-state index contributed by atoms with van der Waals surface area (Å²) in [7, 11) is 0.